The molecule has 1 aromatic heterocycles. The molecule has 18 heavy (non-hydrogen) atoms. The van der Waals surface area contributed by atoms with Gasteiger partial charge in [0.05, 0.1) is 11.3 Å². The molecule has 98 valence electrons. The number of alkyl halides is 3. The number of aromatic nitrogens is 1. The monoisotopic (exact) mass is 260 g/mol. The van der Waals surface area contributed by atoms with Crippen molar-refractivity contribution in [3.05, 3.63) is 23.4 Å². The van der Waals surface area contributed by atoms with Crippen molar-refractivity contribution in [3.8, 4) is 0 Å². The molecule has 0 bridgehead atoms. The minimum absolute atomic E-state index is 0.0118. The van der Waals surface area contributed by atoms with E-state index in [2.05, 4.69) is 10.3 Å². The number of aromatic carboxylic acids is 1. The van der Waals surface area contributed by atoms with Crippen molar-refractivity contribution in [2.75, 3.05) is 5.32 Å². The number of carbonyl (C=O) groups is 1. The predicted molar refractivity (Wildman–Crippen MR) is 57.6 cm³/mol. The number of pyridine rings is 1. The summed E-state index contributed by atoms with van der Waals surface area (Å²) in [7, 11) is 0. The smallest absolute Gasteiger partial charge is 0.411 e. The number of halogens is 3. The van der Waals surface area contributed by atoms with Gasteiger partial charge in [-0.3, -0.25) is 0 Å². The van der Waals surface area contributed by atoms with Gasteiger partial charge in [0.15, 0.2) is 0 Å². The Hall–Kier alpha value is -1.79. The van der Waals surface area contributed by atoms with E-state index in [1.165, 1.54) is 19.1 Å². The van der Waals surface area contributed by atoms with Gasteiger partial charge in [-0.2, -0.15) is 13.2 Å². The number of hydrogen-bond donors (Lipinski definition) is 2. The lowest BCUT2D eigenvalue weighted by Gasteiger charge is -2.21. The molecular weight excluding hydrogens is 249 g/mol. The van der Waals surface area contributed by atoms with Gasteiger partial charge in [-0.1, -0.05) is 0 Å². The molecule has 4 nitrogen and oxygen atoms in total. The summed E-state index contributed by atoms with van der Waals surface area (Å²) in [5.74, 6) is -1.10. The summed E-state index contributed by atoms with van der Waals surface area (Å²) in [6.07, 6.45) is -4.30. The Balaban J connectivity index is 2.22. The molecule has 1 aromatic rings. The Morgan fingerprint density at radius 2 is 2.06 bits per heavy atom. The molecule has 1 heterocycles. The second-order valence-corrected chi connectivity index (χ2v) is 4.34. The number of hydrogen-bond acceptors (Lipinski definition) is 3. The third-order valence-electron chi connectivity index (χ3n) is 2.98. The van der Waals surface area contributed by atoms with E-state index >= 15 is 0 Å². The topological polar surface area (TPSA) is 62.2 Å². The van der Waals surface area contributed by atoms with Crippen molar-refractivity contribution in [1.82, 2.24) is 4.98 Å². The van der Waals surface area contributed by atoms with Gasteiger partial charge < -0.3 is 10.4 Å². The molecule has 1 fully saturated rings. The van der Waals surface area contributed by atoms with Crippen LogP contribution in [0, 0.1) is 6.92 Å². The molecule has 0 aliphatic heterocycles. The molecule has 0 unspecified atom stereocenters. The first kappa shape index (κ1) is 12.7. The maximum atomic E-state index is 12.7. The van der Waals surface area contributed by atoms with Crippen LogP contribution in [-0.4, -0.2) is 27.8 Å². The summed E-state index contributed by atoms with van der Waals surface area (Å²) in [4.78, 5) is 14.6. The van der Waals surface area contributed by atoms with E-state index < -0.39 is 17.7 Å². The molecule has 1 saturated carbocycles. The van der Waals surface area contributed by atoms with Crippen LogP contribution in [0.25, 0.3) is 0 Å². The predicted octanol–water partition coefficient (Wildman–Crippen LogP) is 2.60. The van der Waals surface area contributed by atoms with Gasteiger partial charge in [0, 0.05) is 0 Å². The Bertz CT molecular complexity index is 496. The highest BCUT2D eigenvalue weighted by atomic mass is 19.4. The van der Waals surface area contributed by atoms with Crippen LogP contribution in [0.3, 0.4) is 0 Å². The summed E-state index contributed by atoms with van der Waals surface area (Å²) in [5.41, 5.74) is -1.72. The van der Waals surface area contributed by atoms with Crippen LogP contribution in [0.1, 0.15) is 28.9 Å². The first-order chi connectivity index (χ1) is 8.25. The Kier molecular flexibility index (Phi) is 2.71. The fourth-order valence-electron chi connectivity index (χ4n) is 1.71. The minimum atomic E-state index is -4.33. The molecule has 0 amide bonds. The summed E-state index contributed by atoms with van der Waals surface area (Å²) in [6, 6.07) is 2.50. The molecule has 0 spiro atoms. The van der Waals surface area contributed by atoms with Crippen molar-refractivity contribution >= 4 is 11.8 Å². The molecule has 0 saturated heterocycles. The molecule has 0 aromatic carbocycles. The fraction of sp³-hybridized carbons (Fsp3) is 0.455. The molecule has 7 heteroatoms. The SMILES string of the molecule is Cc1nc(NC2(C(F)(F)F)CC2)ccc1C(=O)O. The summed E-state index contributed by atoms with van der Waals surface area (Å²) >= 11 is 0. The second-order valence-electron chi connectivity index (χ2n) is 4.34. The van der Waals surface area contributed by atoms with Crippen LogP contribution in [0.2, 0.25) is 0 Å². The lowest BCUT2D eigenvalue weighted by Crippen LogP contribution is -2.39. The van der Waals surface area contributed by atoms with E-state index in [-0.39, 0.29) is 29.9 Å². The lowest BCUT2D eigenvalue weighted by atomic mass is 10.2. The highest BCUT2D eigenvalue weighted by Crippen LogP contribution is 2.50. The van der Waals surface area contributed by atoms with Crippen molar-refractivity contribution < 1.29 is 23.1 Å². The molecule has 1 aliphatic carbocycles. The summed E-state index contributed by atoms with van der Waals surface area (Å²) in [6.45, 7) is 1.45. The summed E-state index contributed by atoms with van der Waals surface area (Å²) in [5, 5.41) is 11.1. The average molecular weight is 260 g/mol. The number of nitrogens with one attached hydrogen (secondary N) is 1. The van der Waals surface area contributed by atoms with Crippen molar-refractivity contribution in [1.29, 1.82) is 0 Å². The maximum absolute atomic E-state index is 12.7. The molecular formula is C11H11F3N2O2. The average Bonchev–Trinajstić information content (AvgIpc) is 2.97. The van der Waals surface area contributed by atoms with Crippen molar-refractivity contribution in [2.45, 2.75) is 31.5 Å². The van der Waals surface area contributed by atoms with Gasteiger partial charge in [-0.15, -0.1) is 0 Å². The van der Waals surface area contributed by atoms with Gasteiger partial charge >= 0.3 is 12.1 Å². The Morgan fingerprint density at radius 3 is 2.44 bits per heavy atom. The van der Waals surface area contributed by atoms with Crippen LogP contribution in [0.4, 0.5) is 19.0 Å². The fourth-order valence-corrected chi connectivity index (χ4v) is 1.71. The van der Waals surface area contributed by atoms with Gasteiger partial charge in [-0.05, 0) is 31.9 Å². The standard InChI is InChI=1S/C11H11F3N2O2/c1-6-7(9(17)18)2-3-8(15-6)16-10(4-5-10)11(12,13)14/h2-3H,4-5H2,1H3,(H,15,16)(H,17,18). The zero-order chi connectivity index (χ0) is 13.6. The van der Waals surface area contributed by atoms with Crippen molar-refractivity contribution in [2.24, 2.45) is 0 Å². The molecule has 2 N–H and O–H groups in total. The van der Waals surface area contributed by atoms with Crippen LogP contribution >= 0.6 is 0 Å². The third kappa shape index (κ3) is 2.12. The normalized spacial score (nSPS) is 17.3. The van der Waals surface area contributed by atoms with E-state index in [9.17, 15) is 18.0 Å². The summed E-state index contributed by atoms with van der Waals surface area (Å²) < 4.78 is 38.1. The number of aryl methyl sites for hydroxylation is 1. The van der Waals surface area contributed by atoms with E-state index in [0.717, 1.165) is 0 Å². The highest BCUT2D eigenvalue weighted by molar-refractivity contribution is 5.89. The van der Waals surface area contributed by atoms with Crippen LogP contribution < -0.4 is 5.32 Å². The first-order valence-corrected chi connectivity index (χ1v) is 5.31. The van der Waals surface area contributed by atoms with E-state index in [0.29, 0.717) is 0 Å². The van der Waals surface area contributed by atoms with Gasteiger partial charge in [0.2, 0.25) is 0 Å². The third-order valence-corrected chi connectivity index (χ3v) is 2.98. The Morgan fingerprint density at radius 1 is 1.44 bits per heavy atom. The van der Waals surface area contributed by atoms with E-state index in [1.54, 1.807) is 0 Å². The number of rotatable bonds is 3. The number of carboxylic acids is 1. The minimum Gasteiger partial charge on any atom is -0.478 e. The molecule has 0 atom stereocenters. The molecule has 2 rings (SSSR count). The number of anilines is 1. The first-order valence-electron chi connectivity index (χ1n) is 5.31. The maximum Gasteiger partial charge on any atom is 0.411 e. The zero-order valence-electron chi connectivity index (χ0n) is 9.51. The zero-order valence-corrected chi connectivity index (χ0v) is 9.51. The van der Waals surface area contributed by atoms with Gasteiger partial charge in [-0.25, -0.2) is 9.78 Å². The number of nitrogens with zero attached hydrogens (tertiary/aromatic N) is 1. The van der Waals surface area contributed by atoms with E-state index in [4.69, 9.17) is 5.11 Å². The van der Waals surface area contributed by atoms with Crippen LogP contribution in [0.5, 0.6) is 0 Å². The van der Waals surface area contributed by atoms with Crippen LogP contribution in [0.15, 0.2) is 12.1 Å². The van der Waals surface area contributed by atoms with Crippen LogP contribution in [-0.2, 0) is 0 Å². The molecule has 1 aliphatic rings. The lowest BCUT2D eigenvalue weighted by molar-refractivity contribution is -0.151. The number of carboxylic acid groups (broad SMARTS) is 1. The highest BCUT2D eigenvalue weighted by Gasteiger charge is 2.63. The van der Waals surface area contributed by atoms with Gasteiger partial charge in [0.25, 0.3) is 0 Å². The largest absolute Gasteiger partial charge is 0.478 e. The Labute approximate surface area is 101 Å². The quantitative estimate of drug-likeness (QED) is 0.876. The van der Waals surface area contributed by atoms with Crippen molar-refractivity contribution in [3.63, 3.8) is 0 Å². The second kappa shape index (κ2) is 3.86. The molecule has 0 radical (unpaired) electrons. The van der Waals surface area contributed by atoms with E-state index in [1.807, 2.05) is 0 Å². The van der Waals surface area contributed by atoms with Gasteiger partial charge in [0.1, 0.15) is 11.4 Å².